The first-order valence-corrected chi connectivity index (χ1v) is 7.11. The number of pyridine rings is 1. The molecule has 2 N–H and O–H groups in total. The summed E-state index contributed by atoms with van der Waals surface area (Å²) >= 11 is 5.52. The van der Waals surface area contributed by atoms with Crippen LogP contribution in [0, 0.1) is 6.92 Å². The van der Waals surface area contributed by atoms with Crippen molar-refractivity contribution in [1.29, 1.82) is 0 Å². The van der Waals surface area contributed by atoms with Crippen LogP contribution < -0.4 is 10.9 Å². The van der Waals surface area contributed by atoms with E-state index in [4.69, 9.17) is 11.6 Å². The van der Waals surface area contributed by atoms with Crippen LogP contribution in [0.15, 0.2) is 17.1 Å². The molecule has 2 heterocycles. The zero-order valence-corrected chi connectivity index (χ0v) is 13.4. The molecular weight excluding hydrogens is 351 g/mol. The summed E-state index contributed by atoms with van der Waals surface area (Å²) in [6.07, 6.45) is -4.13. The molecule has 1 atom stereocenters. The Kier molecular flexibility index (Phi) is 4.97. The summed E-state index contributed by atoms with van der Waals surface area (Å²) in [4.78, 5) is 27.8. The number of aromatic nitrogens is 4. The molecule has 0 aliphatic rings. The number of carbonyl (C=O) groups is 1. The van der Waals surface area contributed by atoms with Crippen LogP contribution in [0.3, 0.4) is 0 Å². The fourth-order valence-corrected chi connectivity index (χ4v) is 2.16. The highest BCUT2D eigenvalue weighted by Crippen LogP contribution is 2.29. The zero-order chi connectivity index (χ0) is 18.1. The molecule has 0 saturated heterocycles. The Hall–Kier alpha value is -2.36. The molecule has 1 amide bonds. The van der Waals surface area contributed by atoms with Crippen LogP contribution in [0.25, 0.3) is 0 Å². The number of rotatable bonds is 4. The number of amides is 1. The second-order valence-electron chi connectivity index (χ2n) is 5.08. The second kappa shape index (κ2) is 6.63. The highest BCUT2D eigenvalue weighted by atomic mass is 35.5. The standard InChI is InChI=1S/C13H13ClF3N5O2/c1-6(11-19-7(2)20-21-11)18-10(23)5-22-4-8(13(15,16)17)3-9(14)12(22)24/h3-4,6H,5H2,1-2H3,(H,18,23)(H,19,20,21)/t6-/m1/s1. The molecule has 130 valence electrons. The van der Waals surface area contributed by atoms with Crippen LogP contribution in [0.2, 0.25) is 5.02 Å². The molecule has 0 aromatic carbocycles. The van der Waals surface area contributed by atoms with Crippen molar-refractivity contribution in [3.8, 4) is 0 Å². The van der Waals surface area contributed by atoms with Crippen molar-refractivity contribution in [3.63, 3.8) is 0 Å². The van der Waals surface area contributed by atoms with Gasteiger partial charge < -0.3 is 9.88 Å². The number of H-pyrrole nitrogens is 1. The Morgan fingerprint density at radius 3 is 2.71 bits per heavy atom. The predicted octanol–water partition coefficient (Wildman–Crippen LogP) is 1.82. The number of halogens is 4. The third-order valence-corrected chi connectivity index (χ3v) is 3.33. The van der Waals surface area contributed by atoms with Crippen LogP contribution >= 0.6 is 11.6 Å². The number of nitrogens with zero attached hydrogens (tertiary/aromatic N) is 3. The van der Waals surface area contributed by atoms with Gasteiger partial charge in [-0.2, -0.15) is 18.3 Å². The maximum Gasteiger partial charge on any atom is 0.417 e. The maximum absolute atomic E-state index is 12.8. The third-order valence-electron chi connectivity index (χ3n) is 3.06. The average molecular weight is 364 g/mol. The predicted molar refractivity (Wildman–Crippen MR) is 78.4 cm³/mol. The lowest BCUT2D eigenvalue weighted by atomic mass is 10.2. The number of nitrogens with one attached hydrogen (secondary N) is 2. The van der Waals surface area contributed by atoms with E-state index in [9.17, 15) is 22.8 Å². The van der Waals surface area contributed by atoms with Gasteiger partial charge in [0.05, 0.1) is 11.6 Å². The SMILES string of the molecule is Cc1nc([C@@H](C)NC(=O)Cn2cc(C(F)(F)F)cc(Cl)c2=O)n[nH]1. The lowest BCUT2D eigenvalue weighted by Gasteiger charge is -2.14. The Balaban J connectivity index is 2.17. The molecule has 0 aliphatic carbocycles. The van der Waals surface area contributed by atoms with Crippen molar-refractivity contribution in [2.24, 2.45) is 0 Å². The lowest BCUT2D eigenvalue weighted by molar-refractivity contribution is -0.138. The van der Waals surface area contributed by atoms with Crippen LogP contribution in [0.5, 0.6) is 0 Å². The van der Waals surface area contributed by atoms with Crippen LogP contribution in [0.1, 0.15) is 30.2 Å². The Bertz CT molecular complexity index is 815. The maximum atomic E-state index is 12.8. The van der Waals surface area contributed by atoms with Gasteiger partial charge in [0.2, 0.25) is 5.91 Å². The van der Waals surface area contributed by atoms with Crippen molar-refractivity contribution in [3.05, 3.63) is 44.9 Å². The molecule has 24 heavy (non-hydrogen) atoms. The van der Waals surface area contributed by atoms with Crippen LogP contribution in [0.4, 0.5) is 13.2 Å². The Morgan fingerprint density at radius 1 is 1.50 bits per heavy atom. The van der Waals surface area contributed by atoms with Crippen molar-refractivity contribution < 1.29 is 18.0 Å². The number of hydrogen-bond acceptors (Lipinski definition) is 4. The summed E-state index contributed by atoms with van der Waals surface area (Å²) in [6.45, 7) is 2.66. The van der Waals surface area contributed by atoms with E-state index in [1.165, 1.54) is 0 Å². The summed E-state index contributed by atoms with van der Waals surface area (Å²) in [5, 5.41) is 8.35. The highest BCUT2D eigenvalue weighted by Gasteiger charge is 2.32. The van der Waals surface area contributed by atoms with Crippen molar-refractivity contribution in [1.82, 2.24) is 25.1 Å². The van der Waals surface area contributed by atoms with Crippen molar-refractivity contribution in [2.75, 3.05) is 0 Å². The molecule has 0 radical (unpaired) electrons. The molecule has 2 aromatic heterocycles. The van der Waals surface area contributed by atoms with E-state index in [1.807, 2.05) is 0 Å². The van der Waals surface area contributed by atoms with E-state index in [2.05, 4.69) is 20.5 Å². The smallest absolute Gasteiger partial charge is 0.345 e. The summed E-state index contributed by atoms with van der Waals surface area (Å²) in [5.74, 6) is 0.185. The fourth-order valence-electron chi connectivity index (χ4n) is 1.93. The molecule has 0 bridgehead atoms. The summed E-state index contributed by atoms with van der Waals surface area (Å²) in [7, 11) is 0. The number of aromatic amines is 1. The normalized spacial score (nSPS) is 12.9. The van der Waals surface area contributed by atoms with E-state index >= 15 is 0 Å². The minimum atomic E-state index is -4.68. The number of hydrogen-bond donors (Lipinski definition) is 2. The van der Waals surface area contributed by atoms with Gasteiger partial charge in [-0.25, -0.2) is 4.98 Å². The van der Waals surface area contributed by atoms with Gasteiger partial charge in [-0.1, -0.05) is 11.6 Å². The number of alkyl halides is 3. The topological polar surface area (TPSA) is 92.7 Å². The molecule has 0 spiro atoms. The van der Waals surface area contributed by atoms with Crippen LogP contribution in [-0.4, -0.2) is 25.7 Å². The first-order chi connectivity index (χ1) is 11.1. The first kappa shape index (κ1) is 18.0. The molecule has 0 fully saturated rings. The van der Waals surface area contributed by atoms with Crippen molar-refractivity contribution in [2.45, 2.75) is 32.6 Å². The molecule has 11 heteroatoms. The second-order valence-corrected chi connectivity index (χ2v) is 5.48. The molecule has 2 aromatic rings. The van der Waals surface area contributed by atoms with Crippen LogP contribution in [-0.2, 0) is 17.5 Å². The van der Waals surface area contributed by atoms with Gasteiger partial charge in [0.1, 0.15) is 17.4 Å². The zero-order valence-electron chi connectivity index (χ0n) is 12.6. The van der Waals surface area contributed by atoms with E-state index in [0.29, 0.717) is 28.5 Å². The van der Waals surface area contributed by atoms with E-state index in [0.717, 1.165) is 0 Å². The first-order valence-electron chi connectivity index (χ1n) is 6.73. The van der Waals surface area contributed by atoms with Gasteiger partial charge in [0, 0.05) is 6.20 Å². The number of aryl methyl sites for hydroxylation is 1. The average Bonchev–Trinajstić information content (AvgIpc) is 2.89. The van der Waals surface area contributed by atoms with Gasteiger partial charge in [0.15, 0.2) is 5.82 Å². The van der Waals surface area contributed by atoms with Gasteiger partial charge in [-0.15, -0.1) is 0 Å². The summed E-state index contributed by atoms with van der Waals surface area (Å²) in [6, 6.07) is -0.0587. The lowest BCUT2D eigenvalue weighted by Crippen LogP contribution is -2.34. The minimum Gasteiger partial charge on any atom is -0.345 e. The minimum absolute atomic E-state index is 0.315. The van der Waals surface area contributed by atoms with Gasteiger partial charge in [-0.05, 0) is 19.9 Å². The molecule has 7 nitrogen and oxygen atoms in total. The Morgan fingerprint density at radius 2 is 2.17 bits per heavy atom. The molecule has 0 saturated carbocycles. The quantitative estimate of drug-likeness (QED) is 0.866. The van der Waals surface area contributed by atoms with E-state index in [1.54, 1.807) is 13.8 Å². The highest BCUT2D eigenvalue weighted by molar-refractivity contribution is 6.30. The number of carbonyl (C=O) groups excluding carboxylic acids is 1. The Labute approximate surface area is 138 Å². The van der Waals surface area contributed by atoms with E-state index < -0.39 is 40.8 Å². The van der Waals surface area contributed by atoms with Gasteiger partial charge in [-0.3, -0.25) is 14.7 Å². The molecule has 2 rings (SSSR count). The fraction of sp³-hybridized carbons (Fsp3) is 0.385. The molecule has 0 unspecified atom stereocenters. The van der Waals surface area contributed by atoms with Crippen molar-refractivity contribution >= 4 is 17.5 Å². The molecule has 0 aliphatic heterocycles. The van der Waals surface area contributed by atoms with Gasteiger partial charge in [0.25, 0.3) is 5.56 Å². The van der Waals surface area contributed by atoms with E-state index in [-0.39, 0.29) is 0 Å². The molecular formula is C13H13ClF3N5O2. The van der Waals surface area contributed by atoms with Gasteiger partial charge >= 0.3 is 6.18 Å². The summed E-state index contributed by atoms with van der Waals surface area (Å²) in [5.41, 5.74) is -2.00. The third kappa shape index (κ3) is 4.13. The largest absolute Gasteiger partial charge is 0.417 e. The summed E-state index contributed by atoms with van der Waals surface area (Å²) < 4.78 is 38.9. The monoisotopic (exact) mass is 363 g/mol.